The van der Waals surface area contributed by atoms with Crippen molar-refractivity contribution in [1.82, 2.24) is 0 Å². The number of hydrogen-bond acceptors (Lipinski definition) is 2. The summed E-state index contributed by atoms with van der Waals surface area (Å²) < 4.78 is 12.9. The Morgan fingerprint density at radius 3 is 2.31 bits per heavy atom. The van der Waals surface area contributed by atoms with Crippen molar-refractivity contribution in [3.8, 4) is 22.6 Å². The average Bonchev–Trinajstić information content (AvgIpc) is 2.19. The maximum absolute atomic E-state index is 12.9. The first-order valence-electron chi connectivity index (χ1n) is 4.56. The molecule has 2 aromatic carbocycles. The minimum absolute atomic E-state index is 0.0219. The third-order valence-electron chi connectivity index (χ3n) is 2.21. The zero-order chi connectivity index (χ0) is 11.7. The van der Waals surface area contributed by atoms with E-state index in [1.807, 2.05) is 0 Å². The number of rotatable bonds is 1. The van der Waals surface area contributed by atoms with E-state index >= 15 is 0 Å². The van der Waals surface area contributed by atoms with E-state index in [1.54, 1.807) is 18.2 Å². The van der Waals surface area contributed by atoms with Gasteiger partial charge in [0.15, 0.2) is 0 Å². The molecule has 0 spiro atoms. The Kier molecular flexibility index (Phi) is 2.71. The van der Waals surface area contributed by atoms with E-state index in [1.165, 1.54) is 6.07 Å². The minimum atomic E-state index is -0.623. The standard InChI is InChI=1S/C12H8ClFO2/c13-9-5-7(14)6-11(16)12(9)8-3-1-2-4-10(8)15/h1-6,15-16H. The van der Waals surface area contributed by atoms with Crippen LogP contribution >= 0.6 is 11.6 Å². The van der Waals surface area contributed by atoms with Gasteiger partial charge in [-0.05, 0) is 12.1 Å². The van der Waals surface area contributed by atoms with Crippen molar-refractivity contribution in [3.05, 3.63) is 47.2 Å². The molecule has 2 rings (SSSR count). The number of para-hydroxylation sites is 1. The van der Waals surface area contributed by atoms with Crippen molar-refractivity contribution in [2.45, 2.75) is 0 Å². The highest BCUT2D eigenvalue weighted by Crippen LogP contribution is 2.40. The largest absolute Gasteiger partial charge is 0.507 e. The molecule has 0 saturated carbocycles. The van der Waals surface area contributed by atoms with Crippen molar-refractivity contribution in [3.63, 3.8) is 0 Å². The first kappa shape index (κ1) is 10.8. The highest BCUT2D eigenvalue weighted by molar-refractivity contribution is 6.33. The fraction of sp³-hybridized carbons (Fsp3) is 0. The second-order valence-corrected chi connectivity index (χ2v) is 3.71. The molecule has 0 heterocycles. The summed E-state index contributed by atoms with van der Waals surface area (Å²) in [6.07, 6.45) is 0. The van der Waals surface area contributed by atoms with Crippen molar-refractivity contribution in [2.75, 3.05) is 0 Å². The normalized spacial score (nSPS) is 10.4. The van der Waals surface area contributed by atoms with Crippen LogP contribution in [0.5, 0.6) is 11.5 Å². The van der Waals surface area contributed by atoms with Gasteiger partial charge in [-0.2, -0.15) is 0 Å². The van der Waals surface area contributed by atoms with Crippen LogP contribution < -0.4 is 0 Å². The van der Waals surface area contributed by atoms with Crippen LogP contribution in [0, 0.1) is 5.82 Å². The summed E-state index contributed by atoms with van der Waals surface area (Å²) in [5, 5.41) is 19.3. The quantitative estimate of drug-likeness (QED) is 0.798. The van der Waals surface area contributed by atoms with E-state index in [-0.39, 0.29) is 22.1 Å². The van der Waals surface area contributed by atoms with Crippen molar-refractivity contribution in [2.24, 2.45) is 0 Å². The molecule has 0 amide bonds. The lowest BCUT2D eigenvalue weighted by Gasteiger charge is -2.09. The monoisotopic (exact) mass is 238 g/mol. The maximum atomic E-state index is 12.9. The first-order chi connectivity index (χ1) is 7.59. The van der Waals surface area contributed by atoms with Gasteiger partial charge in [0, 0.05) is 17.2 Å². The topological polar surface area (TPSA) is 40.5 Å². The van der Waals surface area contributed by atoms with Crippen molar-refractivity contribution < 1.29 is 14.6 Å². The lowest BCUT2D eigenvalue weighted by atomic mass is 10.0. The molecule has 0 bridgehead atoms. The Bertz CT molecular complexity index is 517. The highest BCUT2D eigenvalue weighted by atomic mass is 35.5. The molecule has 0 aliphatic heterocycles. The second kappa shape index (κ2) is 4.02. The van der Waals surface area contributed by atoms with Crippen LogP contribution in [0.2, 0.25) is 5.02 Å². The molecule has 0 aromatic heterocycles. The highest BCUT2D eigenvalue weighted by Gasteiger charge is 2.14. The molecule has 0 aliphatic carbocycles. The number of benzene rings is 2. The predicted octanol–water partition coefficient (Wildman–Crippen LogP) is 3.56. The van der Waals surface area contributed by atoms with Crippen LogP contribution in [-0.4, -0.2) is 10.2 Å². The molecule has 0 fully saturated rings. The van der Waals surface area contributed by atoms with E-state index in [2.05, 4.69) is 0 Å². The summed E-state index contributed by atoms with van der Waals surface area (Å²) in [5.41, 5.74) is 0.589. The van der Waals surface area contributed by atoms with Crippen LogP contribution in [0.25, 0.3) is 11.1 Å². The van der Waals surface area contributed by atoms with Gasteiger partial charge < -0.3 is 10.2 Å². The molecule has 2 nitrogen and oxygen atoms in total. The summed E-state index contributed by atoms with van der Waals surface area (Å²) in [6.45, 7) is 0. The molecule has 2 aromatic rings. The van der Waals surface area contributed by atoms with Gasteiger partial charge in [-0.15, -0.1) is 0 Å². The SMILES string of the molecule is Oc1ccccc1-c1c(O)cc(F)cc1Cl. The summed E-state index contributed by atoms with van der Waals surface area (Å²) in [5.74, 6) is -0.945. The average molecular weight is 239 g/mol. The summed E-state index contributed by atoms with van der Waals surface area (Å²) in [6, 6.07) is 8.43. The maximum Gasteiger partial charge on any atom is 0.128 e. The summed E-state index contributed by atoms with van der Waals surface area (Å²) in [7, 11) is 0. The minimum Gasteiger partial charge on any atom is -0.507 e. The van der Waals surface area contributed by atoms with Crippen molar-refractivity contribution >= 4 is 11.6 Å². The number of hydrogen-bond donors (Lipinski definition) is 2. The van der Waals surface area contributed by atoms with Crippen LogP contribution in [0.4, 0.5) is 4.39 Å². The third kappa shape index (κ3) is 1.82. The fourth-order valence-electron chi connectivity index (χ4n) is 1.51. The molecule has 0 aliphatic rings. The van der Waals surface area contributed by atoms with Gasteiger partial charge in [0.25, 0.3) is 0 Å². The van der Waals surface area contributed by atoms with Crippen LogP contribution in [0.3, 0.4) is 0 Å². The fourth-order valence-corrected chi connectivity index (χ4v) is 1.81. The molecule has 0 unspecified atom stereocenters. The van der Waals surface area contributed by atoms with E-state index in [9.17, 15) is 14.6 Å². The zero-order valence-electron chi connectivity index (χ0n) is 8.11. The zero-order valence-corrected chi connectivity index (χ0v) is 8.87. The Balaban J connectivity index is 2.70. The third-order valence-corrected chi connectivity index (χ3v) is 2.51. The molecular formula is C12H8ClFO2. The van der Waals surface area contributed by atoms with Crippen LogP contribution in [-0.2, 0) is 0 Å². The van der Waals surface area contributed by atoms with Crippen LogP contribution in [0.15, 0.2) is 36.4 Å². The lowest BCUT2D eigenvalue weighted by Crippen LogP contribution is -1.84. The van der Waals surface area contributed by atoms with Gasteiger partial charge in [-0.25, -0.2) is 4.39 Å². The van der Waals surface area contributed by atoms with Gasteiger partial charge in [0.1, 0.15) is 17.3 Å². The molecule has 0 radical (unpaired) electrons. The van der Waals surface area contributed by atoms with E-state index in [0.29, 0.717) is 5.56 Å². The second-order valence-electron chi connectivity index (χ2n) is 3.30. The molecule has 4 heteroatoms. The van der Waals surface area contributed by atoms with E-state index in [0.717, 1.165) is 12.1 Å². The number of phenols is 2. The van der Waals surface area contributed by atoms with Gasteiger partial charge >= 0.3 is 0 Å². The number of phenolic OH excluding ortho intramolecular Hbond substituents is 2. The summed E-state index contributed by atoms with van der Waals surface area (Å²) in [4.78, 5) is 0. The Labute approximate surface area is 96.5 Å². The Hall–Kier alpha value is -1.74. The number of halogens is 2. The van der Waals surface area contributed by atoms with E-state index in [4.69, 9.17) is 11.6 Å². The lowest BCUT2D eigenvalue weighted by molar-refractivity contribution is 0.465. The molecular weight excluding hydrogens is 231 g/mol. The Morgan fingerprint density at radius 2 is 1.69 bits per heavy atom. The predicted molar refractivity (Wildman–Crippen MR) is 60.2 cm³/mol. The molecule has 2 N–H and O–H groups in total. The van der Waals surface area contributed by atoms with Gasteiger partial charge in [-0.1, -0.05) is 29.8 Å². The molecule has 16 heavy (non-hydrogen) atoms. The molecule has 0 saturated heterocycles. The van der Waals surface area contributed by atoms with Gasteiger partial charge in [0.05, 0.1) is 5.02 Å². The smallest absolute Gasteiger partial charge is 0.128 e. The van der Waals surface area contributed by atoms with E-state index < -0.39 is 5.82 Å². The molecule has 0 atom stereocenters. The Morgan fingerprint density at radius 1 is 1.00 bits per heavy atom. The van der Waals surface area contributed by atoms with Gasteiger partial charge in [-0.3, -0.25) is 0 Å². The first-order valence-corrected chi connectivity index (χ1v) is 4.94. The summed E-state index contributed by atoms with van der Waals surface area (Å²) >= 11 is 5.83. The molecule has 82 valence electrons. The van der Waals surface area contributed by atoms with Crippen molar-refractivity contribution in [1.29, 1.82) is 0 Å². The number of aromatic hydroxyl groups is 2. The van der Waals surface area contributed by atoms with Gasteiger partial charge in [0.2, 0.25) is 0 Å². The van der Waals surface area contributed by atoms with Crippen LogP contribution in [0.1, 0.15) is 0 Å².